The lowest BCUT2D eigenvalue weighted by molar-refractivity contribution is 0.515. The molecule has 2 N–H and O–H groups in total. The minimum Gasteiger partial charge on any atom is -0.368 e. The molecule has 0 unspecified atom stereocenters. The van der Waals surface area contributed by atoms with Gasteiger partial charge in [0.2, 0.25) is 5.95 Å². The van der Waals surface area contributed by atoms with Crippen molar-refractivity contribution in [2.45, 2.75) is 38.6 Å². The maximum atomic E-state index is 13.3. The average molecular weight is 468 g/mol. The number of pyridine rings is 2. The van der Waals surface area contributed by atoms with Crippen LogP contribution >= 0.6 is 12.4 Å². The minimum absolute atomic E-state index is 0. The number of piperazine rings is 1. The Kier molecular flexibility index (Phi) is 6.95. The number of hydrogen-bond donors (Lipinski definition) is 2. The maximum absolute atomic E-state index is 13.3. The van der Waals surface area contributed by atoms with E-state index in [-0.39, 0.29) is 24.0 Å². The van der Waals surface area contributed by atoms with Crippen molar-refractivity contribution in [2.75, 3.05) is 36.4 Å². The summed E-state index contributed by atoms with van der Waals surface area (Å²) in [5, 5.41) is 7.46. The monoisotopic (exact) mass is 467 g/mol. The number of hydrogen-bond acceptors (Lipinski definition) is 7. The van der Waals surface area contributed by atoms with Crippen molar-refractivity contribution in [3.63, 3.8) is 0 Å². The summed E-state index contributed by atoms with van der Waals surface area (Å²) in [6, 6.07) is 4.18. The van der Waals surface area contributed by atoms with Crippen molar-refractivity contribution in [3.05, 3.63) is 52.6 Å². The zero-order valence-electron chi connectivity index (χ0n) is 18.9. The van der Waals surface area contributed by atoms with Gasteiger partial charge in [0.1, 0.15) is 11.5 Å². The molecule has 33 heavy (non-hydrogen) atoms. The number of aromatic nitrogens is 4. The van der Waals surface area contributed by atoms with Crippen molar-refractivity contribution in [2.24, 2.45) is 0 Å². The maximum Gasteiger partial charge on any atom is 0.259 e. The molecule has 3 aromatic heterocycles. The highest BCUT2D eigenvalue weighted by molar-refractivity contribution is 5.85. The average Bonchev–Trinajstić information content (AvgIpc) is 3.35. The summed E-state index contributed by atoms with van der Waals surface area (Å²) in [6.45, 7) is 9.73. The predicted molar refractivity (Wildman–Crippen MR) is 136 cm³/mol. The molecular weight excluding hydrogens is 438 g/mol. The van der Waals surface area contributed by atoms with Gasteiger partial charge in [-0.25, -0.2) is 9.97 Å². The summed E-state index contributed by atoms with van der Waals surface area (Å²) >= 11 is 0. The molecule has 0 spiro atoms. The third-order valence-electron chi connectivity index (χ3n) is 6.62. The van der Waals surface area contributed by atoms with Crippen LogP contribution < -0.4 is 21.1 Å². The summed E-state index contributed by atoms with van der Waals surface area (Å²) in [5.41, 5.74) is 3.29. The second kappa shape index (κ2) is 9.89. The smallest absolute Gasteiger partial charge is 0.259 e. The van der Waals surface area contributed by atoms with E-state index in [0.29, 0.717) is 23.0 Å². The Bertz CT molecular complexity index is 1200. The zero-order chi connectivity index (χ0) is 22.1. The van der Waals surface area contributed by atoms with E-state index in [1.54, 1.807) is 12.3 Å². The fraction of sp³-hybridized carbons (Fsp3) is 0.417. The lowest BCUT2D eigenvalue weighted by Gasteiger charge is -2.29. The first-order valence-electron chi connectivity index (χ1n) is 11.4. The first-order valence-corrected chi connectivity index (χ1v) is 11.4. The molecule has 0 aromatic carbocycles. The predicted octanol–water partition coefficient (Wildman–Crippen LogP) is 3.83. The Morgan fingerprint density at radius 1 is 1.15 bits per heavy atom. The summed E-state index contributed by atoms with van der Waals surface area (Å²) in [4.78, 5) is 29.4. The molecule has 0 bridgehead atoms. The summed E-state index contributed by atoms with van der Waals surface area (Å²) in [6.07, 6.45) is 9.59. The van der Waals surface area contributed by atoms with E-state index >= 15 is 0 Å². The van der Waals surface area contributed by atoms with Gasteiger partial charge in [-0.15, -0.1) is 12.4 Å². The number of halogens is 1. The van der Waals surface area contributed by atoms with Gasteiger partial charge in [0.05, 0.1) is 11.9 Å². The fourth-order valence-corrected chi connectivity index (χ4v) is 4.84. The van der Waals surface area contributed by atoms with Crippen LogP contribution in [0.3, 0.4) is 0 Å². The molecule has 0 atom stereocenters. The summed E-state index contributed by atoms with van der Waals surface area (Å²) < 4.78 is 1.86. The van der Waals surface area contributed by atoms with Crippen LogP contribution in [-0.2, 0) is 0 Å². The number of nitrogens with one attached hydrogen (secondary N) is 2. The molecule has 2 fully saturated rings. The van der Waals surface area contributed by atoms with E-state index in [2.05, 4.69) is 38.1 Å². The van der Waals surface area contributed by atoms with Gasteiger partial charge in [-0.2, -0.15) is 4.98 Å². The molecule has 9 heteroatoms. The molecule has 174 valence electrons. The number of nitrogens with zero attached hydrogens (tertiary/aromatic N) is 5. The van der Waals surface area contributed by atoms with Crippen molar-refractivity contribution in [3.8, 4) is 0 Å². The Morgan fingerprint density at radius 3 is 2.58 bits per heavy atom. The summed E-state index contributed by atoms with van der Waals surface area (Å²) in [7, 11) is 0. The van der Waals surface area contributed by atoms with Crippen molar-refractivity contribution < 1.29 is 0 Å². The van der Waals surface area contributed by atoms with Crippen LogP contribution in [0, 0.1) is 6.92 Å². The molecular formula is C24H30ClN7O. The van der Waals surface area contributed by atoms with Gasteiger partial charge < -0.3 is 15.5 Å². The third-order valence-corrected chi connectivity index (χ3v) is 6.62. The Morgan fingerprint density at radius 2 is 1.91 bits per heavy atom. The topological polar surface area (TPSA) is 88.0 Å². The molecule has 8 nitrogen and oxygen atoms in total. The van der Waals surface area contributed by atoms with Crippen LogP contribution in [0.2, 0.25) is 0 Å². The quantitative estimate of drug-likeness (QED) is 0.589. The van der Waals surface area contributed by atoms with Crippen molar-refractivity contribution in [1.82, 2.24) is 24.8 Å². The van der Waals surface area contributed by atoms with E-state index in [4.69, 9.17) is 4.98 Å². The second-order valence-electron chi connectivity index (χ2n) is 8.55. The molecule has 5 rings (SSSR count). The van der Waals surface area contributed by atoms with E-state index in [1.165, 1.54) is 0 Å². The molecule has 2 aliphatic rings. The zero-order valence-corrected chi connectivity index (χ0v) is 19.7. The van der Waals surface area contributed by atoms with Gasteiger partial charge in [0, 0.05) is 49.4 Å². The lowest BCUT2D eigenvalue weighted by Crippen LogP contribution is -2.43. The molecule has 0 radical (unpaired) electrons. The van der Waals surface area contributed by atoms with Gasteiger partial charge in [-0.1, -0.05) is 25.5 Å². The van der Waals surface area contributed by atoms with E-state index < -0.39 is 0 Å². The number of anilines is 3. The van der Waals surface area contributed by atoms with Crippen LogP contribution in [-0.4, -0.2) is 45.7 Å². The second-order valence-corrected chi connectivity index (χ2v) is 8.55. The molecule has 3 aromatic rings. The van der Waals surface area contributed by atoms with Gasteiger partial charge in [-0.05, 0) is 37.5 Å². The number of aryl methyl sites for hydroxylation is 1. The Balaban J connectivity index is 0.00000259. The van der Waals surface area contributed by atoms with Crippen LogP contribution in [0.1, 0.15) is 42.9 Å². The Hall–Kier alpha value is -2.97. The van der Waals surface area contributed by atoms with Crippen molar-refractivity contribution >= 4 is 47.0 Å². The highest BCUT2D eigenvalue weighted by Crippen LogP contribution is 2.32. The highest BCUT2D eigenvalue weighted by atomic mass is 35.5. The normalized spacial score (nSPS) is 16.6. The Labute approximate surface area is 199 Å². The van der Waals surface area contributed by atoms with Crippen molar-refractivity contribution in [1.29, 1.82) is 0 Å². The van der Waals surface area contributed by atoms with Gasteiger partial charge in [0.15, 0.2) is 0 Å². The third kappa shape index (κ3) is 4.45. The van der Waals surface area contributed by atoms with Crippen LogP contribution in [0.25, 0.3) is 17.1 Å². The van der Waals surface area contributed by atoms with Gasteiger partial charge in [-0.3, -0.25) is 9.36 Å². The molecule has 0 amide bonds. The van der Waals surface area contributed by atoms with Gasteiger partial charge >= 0.3 is 0 Å². The van der Waals surface area contributed by atoms with Gasteiger partial charge in [0.25, 0.3) is 5.56 Å². The molecule has 4 heterocycles. The van der Waals surface area contributed by atoms with Crippen LogP contribution in [0.5, 0.6) is 0 Å². The minimum atomic E-state index is -0.0138. The first-order chi connectivity index (χ1) is 15.7. The highest BCUT2D eigenvalue weighted by Gasteiger charge is 2.23. The number of fused-ring (bicyclic) bond motifs is 1. The first kappa shape index (κ1) is 23.2. The van der Waals surface area contributed by atoms with Crippen LogP contribution in [0.15, 0.2) is 35.9 Å². The standard InChI is InChI=1S/C24H29N7O.ClH/c1-3-19-16(2)20-15-27-24(29-22(20)31(23(19)32)17-6-4-5-7-17)28-21-9-8-18(14-26-21)30-12-10-25-11-13-30;/h3,8-9,14-15,17,25H,1,4-7,10-13H2,2H3,(H,26,27,28,29);1H. The molecule has 1 aliphatic heterocycles. The largest absolute Gasteiger partial charge is 0.368 e. The molecule has 1 aliphatic carbocycles. The van der Waals surface area contributed by atoms with E-state index in [9.17, 15) is 4.79 Å². The lowest BCUT2D eigenvalue weighted by atomic mass is 10.1. The molecule has 1 saturated carbocycles. The van der Waals surface area contributed by atoms with Crippen LogP contribution in [0.4, 0.5) is 17.5 Å². The van der Waals surface area contributed by atoms with E-state index in [1.807, 2.05) is 23.8 Å². The SMILES string of the molecule is C=Cc1c(C)c2cnc(Nc3ccc(N4CCNCC4)cn3)nc2n(C2CCCC2)c1=O.Cl. The molecule has 1 saturated heterocycles. The van der Waals surface area contributed by atoms with E-state index in [0.717, 1.165) is 68.5 Å². The summed E-state index contributed by atoms with van der Waals surface area (Å²) in [5.74, 6) is 1.12. The number of rotatable bonds is 5. The fourth-order valence-electron chi connectivity index (χ4n) is 4.84.